The fraction of sp³-hybridized carbons (Fsp3) is 0.500. The van der Waals surface area contributed by atoms with Crippen molar-refractivity contribution in [3.8, 4) is 0 Å². The van der Waals surface area contributed by atoms with Crippen molar-refractivity contribution in [3.05, 3.63) is 34.3 Å². The number of nitrogens with zero attached hydrogens (tertiary/aromatic N) is 1. The van der Waals surface area contributed by atoms with E-state index >= 15 is 0 Å². The number of carbonyl (C=O) groups is 1. The van der Waals surface area contributed by atoms with Crippen LogP contribution >= 0.6 is 11.6 Å². The molecule has 0 radical (unpaired) electrons. The van der Waals surface area contributed by atoms with Crippen molar-refractivity contribution < 1.29 is 4.79 Å². The molecule has 2 rings (SSSR count). The van der Waals surface area contributed by atoms with Crippen molar-refractivity contribution in [1.82, 2.24) is 10.2 Å². The quantitative estimate of drug-likeness (QED) is 0.862. The zero-order chi connectivity index (χ0) is 13.8. The second kappa shape index (κ2) is 6.37. The van der Waals surface area contributed by atoms with Crippen LogP contribution in [-0.4, -0.2) is 37.0 Å². The van der Waals surface area contributed by atoms with E-state index in [9.17, 15) is 4.79 Å². The summed E-state index contributed by atoms with van der Waals surface area (Å²) >= 11 is 6.18. The zero-order valence-electron chi connectivity index (χ0n) is 11.2. The Morgan fingerprint density at radius 2 is 2.37 bits per heavy atom. The number of hydrogen-bond donors (Lipinski definition) is 2. The van der Waals surface area contributed by atoms with Crippen LogP contribution in [0.4, 0.5) is 0 Å². The SMILES string of the molecule is CN(Cc1ccc(C(N)=O)cc1Cl)CC1CCCN1. The van der Waals surface area contributed by atoms with Crippen molar-refractivity contribution in [2.24, 2.45) is 5.73 Å². The first-order chi connectivity index (χ1) is 9.06. The van der Waals surface area contributed by atoms with Gasteiger partial charge in [-0.1, -0.05) is 17.7 Å². The highest BCUT2D eigenvalue weighted by Gasteiger charge is 2.16. The molecular formula is C14H20ClN3O. The smallest absolute Gasteiger partial charge is 0.248 e. The second-order valence-corrected chi connectivity index (χ2v) is 5.57. The minimum absolute atomic E-state index is 0.447. The highest BCUT2D eigenvalue weighted by Crippen LogP contribution is 2.19. The number of likely N-dealkylation sites (N-methyl/N-ethyl adjacent to an activating group) is 1. The van der Waals surface area contributed by atoms with Gasteiger partial charge in [-0.25, -0.2) is 0 Å². The van der Waals surface area contributed by atoms with Gasteiger partial charge in [-0.15, -0.1) is 0 Å². The fourth-order valence-corrected chi connectivity index (χ4v) is 2.71. The van der Waals surface area contributed by atoms with Gasteiger partial charge >= 0.3 is 0 Å². The first kappa shape index (κ1) is 14.3. The van der Waals surface area contributed by atoms with Crippen LogP contribution in [0.1, 0.15) is 28.8 Å². The second-order valence-electron chi connectivity index (χ2n) is 5.16. The molecule has 1 aromatic carbocycles. The van der Waals surface area contributed by atoms with E-state index in [1.807, 2.05) is 6.07 Å². The monoisotopic (exact) mass is 281 g/mol. The van der Waals surface area contributed by atoms with E-state index in [1.165, 1.54) is 12.8 Å². The third-order valence-electron chi connectivity index (χ3n) is 3.47. The lowest BCUT2D eigenvalue weighted by atomic mass is 10.1. The van der Waals surface area contributed by atoms with Crippen LogP contribution in [0.15, 0.2) is 18.2 Å². The van der Waals surface area contributed by atoms with Crippen LogP contribution in [0, 0.1) is 0 Å². The normalized spacial score (nSPS) is 19.0. The number of benzene rings is 1. The Bertz CT molecular complexity index is 458. The summed E-state index contributed by atoms with van der Waals surface area (Å²) in [5.74, 6) is -0.447. The molecule has 19 heavy (non-hydrogen) atoms. The lowest BCUT2D eigenvalue weighted by Gasteiger charge is -2.21. The molecule has 104 valence electrons. The molecule has 1 amide bonds. The number of nitrogens with two attached hydrogens (primary N) is 1. The Labute approximate surface area is 118 Å². The van der Waals surface area contributed by atoms with Gasteiger partial charge in [0.15, 0.2) is 0 Å². The number of carbonyl (C=O) groups excluding carboxylic acids is 1. The summed E-state index contributed by atoms with van der Waals surface area (Å²) in [6.07, 6.45) is 2.49. The minimum Gasteiger partial charge on any atom is -0.366 e. The largest absolute Gasteiger partial charge is 0.366 e. The molecule has 1 aliphatic heterocycles. The summed E-state index contributed by atoms with van der Waals surface area (Å²) in [6, 6.07) is 5.82. The minimum atomic E-state index is -0.447. The van der Waals surface area contributed by atoms with Crippen LogP contribution in [0.5, 0.6) is 0 Å². The first-order valence-electron chi connectivity index (χ1n) is 6.56. The van der Waals surface area contributed by atoms with E-state index in [2.05, 4.69) is 17.3 Å². The molecule has 1 saturated heterocycles. The lowest BCUT2D eigenvalue weighted by molar-refractivity contribution is 0.100. The number of hydrogen-bond acceptors (Lipinski definition) is 3. The van der Waals surface area contributed by atoms with E-state index in [4.69, 9.17) is 17.3 Å². The maximum atomic E-state index is 11.1. The van der Waals surface area contributed by atoms with Crippen LogP contribution in [-0.2, 0) is 6.54 Å². The third-order valence-corrected chi connectivity index (χ3v) is 3.82. The van der Waals surface area contributed by atoms with E-state index < -0.39 is 5.91 Å². The fourth-order valence-electron chi connectivity index (χ4n) is 2.47. The van der Waals surface area contributed by atoms with Crippen molar-refractivity contribution in [3.63, 3.8) is 0 Å². The molecule has 1 unspecified atom stereocenters. The van der Waals surface area contributed by atoms with Crippen LogP contribution in [0.2, 0.25) is 5.02 Å². The van der Waals surface area contributed by atoms with Crippen molar-refractivity contribution in [1.29, 1.82) is 0 Å². The Morgan fingerprint density at radius 3 is 2.95 bits per heavy atom. The van der Waals surface area contributed by atoms with Crippen LogP contribution in [0.25, 0.3) is 0 Å². The van der Waals surface area contributed by atoms with E-state index in [0.717, 1.165) is 25.2 Å². The van der Waals surface area contributed by atoms with Gasteiger partial charge in [-0.3, -0.25) is 4.79 Å². The highest BCUT2D eigenvalue weighted by atomic mass is 35.5. The third kappa shape index (κ3) is 3.93. The molecule has 3 N–H and O–H groups in total. The van der Waals surface area contributed by atoms with Gasteiger partial charge in [-0.2, -0.15) is 0 Å². The standard InChI is InChI=1S/C14H20ClN3O/c1-18(9-12-3-2-6-17-12)8-11-5-4-10(14(16)19)7-13(11)15/h4-5,7,12,17H,2-3,6,8-9H2,1H3,(H2,16,19). The summed E-state index contributed by atoms with van der Waals surface area (Å²) < 4.78 is 0. The predicted molar refractivity (Wildman–Crippen MR) is 77.3 cm³/mol. The maximum Gasteiger partial charge on any atom is 0.248 e. The predicted octanol–water partition coefficient (Wildman–Crippen LogP) is 1.62. The number of amides is 1. The summed E-state index contributed by atoms with van der Waals surface area (Å²) in [4.78, 5) is 13.3. The van der Waals surface area contributed by atoms with Gasteiger partial charge in [0.25, 0.3) is 0 Å². The van der Waals surface area contributed by atoms with Gasteiger partial charge < -0.3 is 16.0 Å². The maximum absolute atomic E-state index is 11.1. The first-order valence-corrected chi connectivity index (χ1v) is 6.94. The number of rotatable bonds is 5. The summed E-state index contributed by atoms with van der Waals surface area (Å²) in [6.45, 7) is 2.90. The molecular weight excluding hydrogens is 262 g/mol. The molecule has 1 aliphatic rings. The zero-order valence-corrected chi connectivity index (χ0v) is 11.9. The topological polar surface area (TPSA) is 58.4 Å². The van der Waals surface area contributed by atoms with Crippen LogP contribution in [0.3, 0.4) is 0 Å². The molecule has 0 bridgehead atoms. The van der Waals surface area contributed by atoms with E-state index in [1.54, 1.807) is 12.1 Å². The molecule has 1 atom stereocenters. The van der Waals surface area contributed by atoms with Crippen LogP contribution < -0.4 is 11.1 Å². The molecule has 5 heteroatoms. The summed E-state index contributed by atoms with van der Waals surface area (Å²) in [5.41, 5.74) is 6.70. The van der Waals surface area contributed by atoms with E-state index in [0.29, 0.717) is 16.6 Å². The van der Waals surface area contributed by atoms with Gasteiger partial charge in [-0.05, 0) is 44.1 Å². The highest BCUT2D eigenvalue weighted by molar-refractivity contribution is 6.31. The Morgan fingerprint density at radius 1 is 1.58 bits per heavy atom. The molecule has 0 saturated carbocycles. The van der Waals surface area contributed by atoms with Gasteiger partial charge in [0.2, 0.25) is 5.91 Å². The lowest BCUT2D eigenvalue weighted by Crippen LogP contribution is -2.35. The van der Waals surface area contributed by atoms with Gasteiger partial charge in [0.1, 0.15) is 0 Å². The summed E-state index contributed by atoms with van der Waals surface area (Å²) in [7, 11) is 2.08. The average molecular weight is 282 g/mol. The molecule has 1 aromatic rings. The van der Waals surface area contributed by atoms with Gasteiger partial charge in [0.05, 0.1) is 0 Å². The van der Waals surface area contributed by atoms with Crippen molar-refractivity contribution in [2.45, 2.75) is 25.4 Å². The molecule has 0 spiro atoms. The summed E-state index contributed by atoms with van der Waals surface area (Å²) in [5, 5.41) is 4.08. The molecule has 0 aromatic heterocycles. The Hall–Kier alpha value is -1.10. The Kier molecular flexibility index (Phi) is 4.80. The van der Waals surface area contributed by atoms with Gasteiger partial charge in [0, 0.05) is 29.7 Å². The number of primary amides is 1. The Balaban J connectivity index is 1.96. The average Bonchev–Trinajstić information content (AvgIpc) is 2.84. The molecule has 0 aliphatic carbocycles. The molecule has 1 fully saturated rings. The van der Waals surface area contributed by atoms with Crippen molar-refractivity contribution >= 4 is 17.5 Å². The molecule has 4 nitrogen and oxygen atoms in total. The van der Waals surface area contributed by atoms with Crippen molar-refractivity contribution in [2.75, 3.05) is 20.1 Å². The van der Waals surface area contributed by atoms with E-state index in [-0.39, 0.29) is 0 Å². The molecule has 1 heterocycles. The number of halogens is 1. The number of nitrogens with one attached hydrogen (secondary N) is 1.